The summed E-state index contributed by atoms with van der Waals surface area (Å²) in [6.45, 7) is 6.18. The SMILES string of the molecule is CC(C)COc1ccc(-c2nn(-c3ccccc3)cc2C=C2SC(=S)N(CC3CCCO3)C2=O)cc1. The Morgan fingerprint density at radius 1 is 1.19 bits per heavy atom. The molecule has 8 heteroatoms. The largest absolute Gasteiger partial charge is 0.493 e. The van der Waals surface area contributed by atoms with Crippen molar-refractivity contribution in [2.75, 3.05) is 19.8 Å². The smallest absolute Gasteiger partial charge is 0.266 e. The molecule has 0 radical (unpaired) electrons. The minimum absolute atomic E-state index is 0.0553. The van der Waals surface area contributed by atoms with Crippen molar-refractivity contribution in [1.29, 1.82) is 0 Å². The molecule has 0 aliphatic carbocycles. The second-order valence-corrected chi connectivity index (χ2v) is 11.0. The van der Waals surface area contributed by atoms with Gasteiger partial charge in [0, 0.05) is 23.9 Å². The van der Waals surface area contributed by atoms with Gasteiger partial charge in [-0.1, -0.05) is 56.0 Å². The summed E-state index contributed by atoms with van der Waals surface area (Å²) in [6, 6.07) is 17.9. The van der Waals surface area contributed by atoms with Crippen molar-refractivity contribution in [2.24, 2.45) is 5.92 Å². The summed E-state index contributed by atoms with van der Waals surface area (Å²) in [5.41, 5.74) is 3.54. The number of nitrogens with zero attached hydrogens (tertiary/aromatic N) is 3. The molecule has 1 aromatic heterocycles. The molecule has 0 saturated carbocycles. The average Bonchev–Trinajstić information content (AvgIpc) is 3.61. The third-order valence-corrected chi connectivity index (χ3v) is 7.42. The van der Waals surface area contributed by atoms with Gasteiger partial charge < -0.3 is 9.47 Å². The lowest BCUT2D eigenvalue weighted by Crippen LogP contribution is -2.35. The van der Waals surface area contributed by atoms with E-state index < -0.39 is 0 Å². The zero-order valence-corrected chi connectivity index (χ0v) is 22.1. The molecule has 0 bridgehead atoms. The molecule has 2 aromatic carbocycles. The highest BCUT2D eigenvalue weighted by molar-refractivity contribution is 8.26. The van der Waals surface area contributed by atoms with Gasteiger partial charge in [0.2, 0.25) is 0 Å². The third-order valence-electron chi connectivity index (χ3n) is 6.04. The van der Waals surface area contributed by atoms with Gasteiger partial charge in [0.25, 0.3) is 5.91 Å². The highest BCUT2D eigenvalue weighted by atomic mass is 32.2. The lowest BCUT2D eigenvalue weighted by molar-refractivity contribution is -0.123. The Morgan fingerprint density at radius 3 is 2.67 bits per heavy atom. The van der Waals surface area contributed by atoms with Gasteiger partial charge in [-0.25, -0.2) is 4.68 Å². The molecule has 0 spiro atoms. The Morgan fingerprint density at radius 2 is 1.97 bits per heavy atom. The molecule has 1 atom stereocenters. The number of carbonyl (C=O) groups excluding carboxylic acids is 1. The van der Waals surface area contributed by atoms with Crippen molar-refractivity contribution >= 4 is 40.3 Å². The molecule has 0 N–H and O–H groups in total. The van der Waals surface area contributed by atoms with Gasteiger partial charge in [0.1, 0.15) is 10.1 Å². The summed E-state index contributed by atoms with van der Waals surface area (Å²) in [5, 5.41) is 4.89. The number of benzene rings is 2. The van der Waals surface area contributed by atoms with E-state index in [9.17, 15) is 4.79 Å². The maximum absolute atomic E-state index is 13.3. The predicted molar refractivity (Wildman–Crippen MR) is 148 cm³/mol. The first-order chi connectivity index (χ1) is 17.5. The number of amides is 1. The van der Waals surface area contributed by atoms with Crippen LogP contribution in [-0.4, -0.2) is 50.8 Å². The molecule has 3 heterocycles. The number of thioether (sulfide) groups is 1. The summed E-state index contributed by atoms with van der Waals surface area (Å²) >= 11 is 6.88. The number of ether oxygens (including phenoxy) is 2. The molecule has 2 saturated heterocycles. The number of hydrogen-bond acceptors (Lipinski definition) is 6. The van der Waals surface area contributed by atoms with Gasteiger partial charge in [-0.15, -0.1) is 0 Å². The highest BCUT2D eigenvalue weighted by Gasteiger charge is 2.35. The minimum Gasteiger partial charge on any atom is -0.493 e. The number of carbonyl (C=O) groups is 1. The lowest BCUT2D eigenvalue weighted by Gasteiger charge is -2.18. The zero-order valence-electron chi connectivity index (χ0n) is 20.4. The van der Waals surface area contributed by atoms with Crippen molar-refractivity contribution in [1.82, 2.24) is 14.7 Å². The van der Waals surface area contributed by atoms with E-state index >= 15 is 0 Å². The first-order valence-electron chi connectivity index (χ1n) is 12.2. The van der Waals surface area contributed by atoms with Crippen LogP contribution in [0.2, 0.25) is 0 Å². The van der Waals surface area contributed by atoms with Gasteiger partial charge in [-0.3, -0.25) is 9.69 Å². The van der Waals surface area contributed by atoms with Crippen molar-refractivity contribution in [3.05, 3.63) is 71.3 Å². The summed E-state index contributed by atoms with van der Waals surface area (Å²) in [5.74, 6) is 1.21. The average molecular weight is 520 g/mol. The Kier molecular flexibility index (Phi) is 7.55. The van der Waals surface area contributed by atoms with E-state index in [1.54, 1.807) is 4.90 Å². The van der Waals surface area contributed by atoms with Gasteiger partial charge in [-0.05, 0) is 61.2 Å². The van der Waals surface area contributed by atoms with Crippen LogP contribution in [0.15, 0.2) is 65.7 Å². The van der Waals surface area contributed by atoms with Crippen LogP contribution in [-0.2, 0) is 9.53 Å². The molecule has 36 heavy (non-hydrogen) atoms. The molecule has 2 fully saturated rings. The quantitative estimate of drug-likeness (QED) is 0.271. The van der Waals surface area contributed by atoms with E-state index in [0.717, 1.165) is 47.7 Å². The molecule has 3 aromatic rings. The molecule has 1 amide bonds. The van der Waals surface area contributed by atoms with Gasteiger partial charge >= 0.3 is 0 Å². The molecule has 2 aliphatic heterocycles. The topological polar surface area (TPSA) is 56.6 Å². The third kappa shape index (κ3) is 5.56. The van der Waals surface area contributed by atoms with Crippen LogP contribution in [0.5, 0.6) is 5.75 Å². The monoisotopic (exact) mass is 519 g/mol. The maximum atomic E-state index is 13.3. The number of para-hydroxylation sites is 1. The summed E-state index contributed by atoms with van der Waals surface area (Å²) in [6.07, 6.45) is 5.90. The molecule has 6 nitrogen and oxygen atoms in total. The van der Waals surface area contributed by atoms with Crippen molar-refractivity contribution in [3.63, 3.8) is 0 Å². The van der Waals surface area contributed by atoms with Gasteiger partial charge in [0.15, 0.2) is 0 Å². The number of rotatable bonds is 8. The fourth-order valence-electron chi connectivity index (χ4n) is 4.19. The highest BCUT2D eigenvalue weighted by Crippen LogP contribution is 2.36. The van der Waals surface area contributed by atoms with Crippen LogP contribution in [0.25, 0.3) is 23.0 Å². The normalized spacial score (nSPS) is 19.1. The Bertz CT molecular complexity index is 1260. The van der Waals surface area contributed by atoms with Crippen LogP contribution in [0.3, 0.4) is 0 Å². The maximum Gasteiger partial charge on any atom is 0.266 e. The predicted octanol–water partition coefficient (Wildman–Crippen LogP) is 5.95. The zero-order chi connectivity index (χ0) is 25.1. The molecule has 1 unspecified atom stereocenters. The Hall–Kier alpha value is -2.94. The standard InChI is InChI=1S/C28H29N3O3S2/c1-19(2)18-34-23-12-10-20(11-13-23)26-21(16-31(29-26)22-7-4-3-5-8-22)15-25-27(32)30(28(35)36-25)17-24-9-6-14-33-24/h3-5,7-8,10-13,15-16,19,24H,6,9,14,17-18H2,1-2H3. The fourth-order valence-corrected chi connectivity index (χ4v) is 5.46. The molecule has 186 valence electrons. The van der Waals surface area contributed by atoms with Gasteiger partial charge in [0.05, 0.1) is 35.5 Å². The second kappa shape index (κ2) is 11.0. The van der Waals surface area contributed by atoms with Crippen LogP contribution >= 0.6 is 24.0 Å². The summed E-state index contributed by atoms with van der Waals surface area (Å²) in [7, 11) is 0. The molecular formula is C28H29N3O3S2. The van der Waals surface area contributed by atoms with Crippen molar-refractivity contribution in [3.8, 4) is 22.7 Å². The Labute approximate surface area is 221 Å². The molecule has 2 aliphatic rings. The van der Waals surface area contributed by atoms with E-state index in [4.69, 9.17) is 26.8 Å². The number of hydrogen-bond donors (Lipinski definition) is 0. The first-order valence-corrected chi connectivity index (χ1v) is 13.5. The van der Waals surface area contributed by atoms with E-state index in [0.29, 0.717) is 28.3 Å². The van der Waals surface area contributed by atoms with E-state index in [-0.39, 0.29) is 12.0 Å². The Balaban J connectivity index is 1.46. The molecular weight excluding hydrogens is 490 g/mol. The van der Waals surface area contributed by atoms with Crippen molar-refractivity contribution < 1.29 is 14.3 Å². The van der Waals surface area contributed by atoms with E-state index in [1.807, 2.05) is 71.6 Å². The second-order valence-electron chi connectivity index (χ2n) is 9.37. The van der Waals surface area contributed by atoms with Gasteiger partial charge in [-0.2, -0.15) is 5.10 Å². The van der Waals surface area contributed by atoms with Crippen LogP contribution in [0.4, 0.5) is 0 Å². The van der Waals surface area contributed by atoms with Crippen LogP contribution in [0, 0.1) is 5.92 Å². The number of aromatic nitrogens is 2. The summed E-state index contributed by atoms with van der Waals surface area (Å²) in [4.78, 5) is 15.5. The molecule has 5 rings (SSSR count). The van der Waals surface area contributed by atoms with E-state index in [2.05, 4.69) is 13.8 Å². The van der Waals surface area contributed by atoms with Crippen LogP contribution in [0.1, 0.15) is 32.3 Å². The fraction of sp³-hybridized carbons (Fsp3) is 0.321. The first kappa shape index (κ1) is 24.7. The lowest BCUT2D eigenvalue weighted by atomic mass is 10.1. The van der Waals surface area contributed by atoms with E-state index in [1.165, 1.54) is 11.8 Å². The van der Waals surface area contributed by atoms with Crippen LogP contribution < -0.4 is 4.74 Å². The van der Waals surface area contributed by atoms with Crippen molar-refractivity contribution in [2.45, 2.75) is 32.8 Å². The summed E-state index contributed by atoms with van der Waals surface area (Å²) < 4.78 is 14.0. The number of thiocarbonyl (C=S) groups is 1. The minimum atomic E-state index is -0.0728.